The van der Waals surface area contributed by atoms with Gasteiger partial charge in [0.2, 0.25) is 0 Å². The van der Waals surface area contributed by atoms with Crippen molar-refractivity contribution in [1.82, 2.24) is 39.0 Å². The number of benzene rings is 2. The number of alkyl halides is 6. The Hall–Kier alpha value is -7.87. The first-order valence-corrected chi connectivity index (χ1v) is 20.6. The van der Waals surface area contributed by atoms with Gasteiger partial charge in [0.05, 0.1) is 38.9 Å². The maximum absolute atomic E-state index is 13.3. The minimum absolute atomic E-state index is 0.0877. The van der Waals surface area contributed by atoms with Crippen LogP contribution in [0.4, 0.5) is 26.3 Å². The van der Waals surface area contributed by atoms with Crippen molar-refractivity contribution in [3.8, 4) is 22.6 Å². The van der Waals surface area contributed by atoms with Crippen LogP contribution in [0.15, 0.2) is 156 Å². The normalized spacial score (nSPS) is 11.6. The molecule has 20 heteroatoms. The van der Waals surface area contributed by atoms with E-state index in [1.807, 2.05) is 26.0 Å². The minimum Gasteiger partial charge on any atom is -0.423 e. The zero-order valence-electron chi connectivity index (χ0n) is 35.4. The number of aromatic nitrogens is 8. The summed E-state index contributed by atoms with van der Waals surface area (Å²) in [7, 11) is -1.41. The SMILES string of the molecule is Cc1ccc(-c2ccc3ncc4ccc(=O)n(-c5cccc(C(F)(F)F)c5)c4c3n2)cn1.Cc1ccc(B(O)O)cn1.O=c1ccc2cnc3ccc(Cl)nc3c2n1-c1cccc(C(F)(F)F)c1. The van der Waals surface area contributed by atoms with E-state index in [4.69, 9.17) is 26.6 Å². The third-order valence-corrected chi connectivity index (χ3v) is 10.6. The van der Waals surface area contributed by atoms with Crippen LogP contribution in [0.25, 0.3) is 66.5 Å². The first-order chi connectivity index (χ1) is 32.3. The van der Waals surface area contributed by atoms with Crippen LogP contribution in [0.5, 0.6) is 0 Å². The van der Waals surface area contributed by atoms with E-state index in [1.54, 1.807) is 60.9 Å². The van der Waals surface area contributed by atoms with Gasteiger partial charge in [-0.3, -0.25) is 38.7 Å². The Balaban J connectivity index is 0.000000155. The van der Waals surface area contributed by atoms with Gasteiger partial charge in [0, 0.05) is 81.5 Å². The smallest absolute Gasteiger partial charge is 0.423 e. The second-order valence-corrected chi connectivity index (χ2v) is 15.5. The van der Waals surface area contributed by atoms with E-state index < -0.39 is 41.7 Å². The lowest BCUT2D eigenvalue weighted by molar-refractivity contribution is -0.138. The van der Waals surface area contributed by atoms with Crippen LogP contribution in [0, 0.1) is 13.8 Å². The predicted molar refractivity (Wildman–Crippen MR) is 247 cm³/mol. The molecule has 0 spiro atoms. The van der Waals surface area contributed by atoms with E-state index in [-0.39, 0.29) is 16.5 Å². The highest BCUT2D eigenvalue weighted by molar-refractivity contribution is 6.58. The summed E-state index contributed by atoms with van der Waals surface area (Å²) in [6.07, 6.45) is -2.79. The molecular formula is C48H32BClF6N8O4. The molecule has 0 aliphatic heterocycles. The Bertz CT molecular complexity index is 3630. The van der Waals surface area contributed by atoms with E-state index in [0.29, 0.717) is 55.0 Å². The van der Waals surface area contributed by atoms with E-state index >= 15 is 0 Å². The van der Waals surface area contributed by atoms with Gasteiger partial charge in [0.1, 0.15) is 16.2 Å². The maximum Gasteiger partial charge on any atom is 0.490 e. The van der Waals surface area contributed by atoms with Crippen LogP contribution < -0.4 is 16.6 Å². The molecule has 0 fully saturated rings. The van der Waals surface area contributed by atoms with Crippen molar-refractivity contribution in [2.45, 2.75) is 26.2 Å². The molecule has 0 saturated heterocycles. The molecule has 340 valence electrons. The Morgan fingerprint density at radius 3 is 1.51 bits per heavy atom. The summed E-state index contributed by atoms with van der Waals surface area (Å²) in [5, 5.41) is 18.6. The van der Waals surface area contributed by atoms with Crippen molar-refractivity contribution in [3.05, 3.63) is 194 Å². The minimum atomic E-state index is -4.53. The molecule has 0 atom stereocenters. The summed E-state index contributed by atoms with van der Waals surface area (Å²) in [5.74, 6) is 0. The zero-order chi connectivity index (χ0) is 48.5. The van der Waals surface area contributed by atoms with E-state index in [1.165, 1.54) is 57.9 Å². The summed E-state index contributed by atoms with van der Waals surface area (Å²) in [5.41, 5.74) is 3.60. The topological polar surface area (TPSA) is 162 Å². The molecule has 0 radical (unpaired) electrons. The molecule has 10 aromatic rings. The molecule has 2 aromatic carbocycles. The third-order valence-electron chi connectivity index (χ3n) is 10.4. The molecule has 0 saturated carbocycles. The van der Waals surface area contributed by atoms with E-state index in [0.717, 1.165) is 41.2 Å². The fourth-order valence-electron chi connectivity index (χ4n) is 7.08. The van der Waals surface area contributed by atoms with Crippen molar-refractivity contribution in [1.29, 1.82) is 0 Å². The highest BCUT2D eigenvalue weighted by Gasteiger charge is 2.32. The van der Waals surface area contributed by atoms with Crippen LogP contribution in [-0.2, 0) is 12.4 Å². The molecular weight excluding hydrogens is 913 g/mol. The number of hydrogen-bond donors (Lipinski definition) is 2. The average Bonchev–Trinajstić information content (AvgIpc) is 3.31. The monoisotopic (exact) mass is 944 g/mol. The van der Waals surface area contributed by atoms with E-state index in [2.05, 4.69) is 24.9 Å². The molecule has 0 aliphatic rings. The summed E-state index contributed by atoms with van der Waals surface area (Å²) < 4.78 is 81.6. The van der Waals surface area contributed by atoms with E-state index in [9.17, 15) is 35.9 Å². The van der Waals surface area contributed by atoms with Crippen LogP contribution in [-0.4, -0.2) is 56.2 Å². The summed E-state index contributed by atoms with van der Waals surface area (Å²) in [6, 6.07) is 28.9. The Kier molecular flexibility index (Phi) is 12.9. The largest absolute Gasteiger partial charge is 0.490 e. The van der Waals surface area contributed by atoms with Gasteiger partial charge in [0.25, 0.3) is 11.1 Å². The maximum atomic E-state index is 13.3. The zero-order valence-corrected chi connectivity index (χ0v) is 36.1. The lowest BCUT2D eigenvalue weighted by Gasteiger charge is -2.14. The van der Waals surface area contributed by atoms with Crippen molar-refractivity contribution >= 4 is 68.1 Å². The summed E-state index contributed by atoms with van der Waals surface area (Å²) in [6.45, 7) is 3.72. The molecule has 0 aliphatic carbocycles. The second kappa shape index (κ2) is 18.8. The van der Waals surface area contributed by atoms with Crippen molar-refractivity contribution < 1.29 is 36.4 Å². The third kappa shape index (κ3) is 9.95. The molecule has 8 heterocycles. The van der Waals surface area contributed by atoms with Gasteiger partial charge in [-0.25, -0.2) is 9.97 Å². The van der Waals surface area contributed by atoms with Crippen molar-refractivity contribution in [2.24, 2.45) is 0 Å². The number of halogens is 7. The first-order valence-electron chi connectivity index (χ1n) is 20.2. The fraction of sp³-hybridized carbons (Fsp3) is 0.0833. The molecule has 0 amide bonds. The molecule has 12 nitrogen and oxygen atoms in total. The molecule has 0 unspecified atom stereocenters. The van der Waals surface area contributed by atoms with Crippen LogP contribution in [0.1, 0.15) is 22.5 Å². The summed E-state index contributed by atoms with van der Waals surface area (Å²) >= 11 is 5.97. The van der Waals surface area contributed by atoms with Gasteiger partial charge in [-0.1, -0.05) is 29.8 Å². The van der Waals surface area contributed by atoms with Gasteiger partial charge in [0.15, 0.2) is 0 Å². The van der Waals surface area contributed by atoms with Gasteiger partial charge >= 0.3 is 19.5 Å². The summed E-state index contributed by atoms with van der Waals surface area (Å²) in [4.78, 5) is 51.2. The quantitative estimate of drug-likeness (QED) is 0.0754. The second-order valence-electron chi connectivity index (χ2n) is 15.1. The van der Waals surface area contributed by atoms with Crippen molar-refractivity contribution in [3.63, 3.8) is 0 Å². The van der Waals surface area contributed by atoms with Gasteiger partial charge in [-0.05, 0) is 105 Å². The Morgan fingerprint density at radius 1 is 0.544 bits per heavy atom. The van der Waals surface area contributed by atoms with Crippen molar-refractivity contribution in [2.75, 3.05) is 0 Å². The Labute approximate surface area is 385 Å². The number of rotatable bonds is 4. The number of aryl methyl sites for hydroxylation is 2. The lowest BCUT2D eigenvalue weighted by Crippen LogP contribution is -2.29. The number of nitrogens with zero attached hydrogens (tertiary/aromatic N) is 8. The molecule has 0 bridgehead atoms. The average molecular weight is 945 g/mol. The van der Waals surface area contributed by atoms with Crippen LogP contribution in [0.3, 0.4) is 0 Å². The number of fused-ring (bicyclic) bond motifs is 6. The highest BCUT2D eigenvalue weighted by atomic mass is 35.5. The van der Waals surface area contributed by atoms with Gasteiger partial charge < -0.3 is 10.0 Å². The standard InChI is InChI=1S/C24H15F3N4O.C18H9ClF3N3O.C6H8BNO2/c1-14-5-6-15(12-28-14)19-8-9-20-22(30-19)23-16(13-29-20)7-10-21(32)31(23)18-4-2-3-17(11-18)24(25,26)27;19-14-6-5-13-16(24-14)17-10(9-23-13)4-7-15(26)25(17)12-3-1-2-11(8-12)18(20,21)22;1-5-2-3-6(4-8-5)7(9)10/h2-13H,1H3;1-9H;2-4,9-10H,1H3. The Morgan fingerprint density at radius 2 is 1.04 bits per heavy atom. The number of hydrogen-bond acceptors (Lipinski definition) is 10. The molecule has 8 aromatic heterocycles. The van der Waals surface area contributed by atoms with Crippen LogP contribution in [0.2, 0.25) is 5.15 Å². The fourth-order valence-corrected chi connectivity index (χ4v) is 7.23. The molecule has 10 rings (SSSR count). The first kappa shape index (κ1) is 46.7. The molecule has 68 heavy (non-hydrogen) atoms. The number of pyridine rings is 8. The highest BCUT2D eigenvalue weighted by Crippen LogP contribution is 2.33. The van der Waals surface area contributed by atoms with Gasteiger partial charge in [-0.2, -0.15) is 26.3 Å². The van der Waals surface area contributed by atoms with Gasteiger partial charge in [-0.15, -0.1) is 0 Å². The lowest BCUT2D eigenvalue weighted by atomic mass is 9.82. The van der Waals surface area contributed by atoms with Crippen LogP contribution >= 0.6 is 11.6 Å². The predicted octanol–water partition coefficient (Wildman–Crippen LogP) is 9.00. The molecule has 2 N–H and O–H groups in total.